The van der Waals surface area contributed by atoms with Crippen LogP contribution in [0.15, 0.2) is 0 Å². The Kier molecular flexibility index (Phi) is 24.1. The van der Waals surface area contributed by atoms with Crippen LogP contribution in [0.25, 0.3) is 0 Å². The fourth-order valence-corrected chi connectivity index (χ4v) is 0. The van der Waals surface area contributed by atoms with Crippen molar-refractivity contribution in [2.75, 3.05) is 13.2 Å². The van der Waals surface area contributed by atoms with Crippen molar-refractivity contribution in [2.45, 2.75) is 13.8 Å². The summed E-state index contributed by atoms with van der Waals surface area (Å²) in [5, 5.41) is 15.1. The minimum atomic E-state index is -3.28. The Labute approximate surface area is 86.3 Å². The van der Waals surface area contributed by atoms with E-state index in [0.717, 1.165) is 0 Å². The third-order valence-electron chi connectivity index (χ3n) is 0. The molecule has 0 amide bonds. The van der Waals surface area contributed by atoms with Crippen LogP contribution >= 0.6 is 37.7 Å². The first kappa shape index (κ1) is 18.5. The van der Waals surface area contributed by atoms with Gasteiger partial charge in [-0.25, -0.2) is 0 Å². The number of halogens is 4. The van der Waals surface area contributed by atoms with Gasteiger partial charge in [-0.15, -0.1) is 0 Å². The SMILES string of the molecule is CCO.CCO.[Cl][W]([Cl])([Cl])[Cl]. The third kappa shape index (κ3) is 359. The van der Waals surface area contributed by atoms with Gasteiger partial charge in [-0.3, -0.25) is 0 Å². The van der Waals surface area contributed by atoms with E-state index in [4.69, 9.17) is 47.9 Å². The van der Waals surface area contributed by atoms with E-state index in [9.17, 15) is 0 Å². The molecule has 0 radical (unpaired) electrons. The summed E-state index contributed by atoms with van der Waals surface area (Å²) in [5.74, 6) is 0. The normalized spacial score (nSPS) is 10.2. The molecule has 0 rings (SSSR count). The van der Waals surface area contributed by atoms with Crippen LogP contribution in [0.3, 0.4) is 0 Å². The van der Waals surface area contributed by atoms with E-state index < -0.39 is 11.9 Å². The first-order valence-electron chi connectivity index (χ1n) is 2.66. The van der Waals surface area contributed by atoms with Gasteiger partial charge in [0.05, 0.1) is 0 Å². The van der Waals surface area contributed by atoms with Crippen molar-refractivity contribution in [3.63, 3.8) is 0 Å². The molecular formula is C4H12Cl4O2W. The van der Waals surface area contributed by atoms with Gasteiger partial charge in [0, 0.05) is 13.2 Å². The zero-order valence-electron chi connectivity index (χ0n) is 6.23. The summed E-state index contributed by atoms with van der Waals surface area (Å²) in [6, 6.07) is 0. The zero-order valence-corrected chi connectivity index (χ0v) is 12.2. The minimum absolute atomic E-state index is 0.250. The summed E-state index contributed by atoms with van der Waals surface area (Å²) < 4.78 is 0. The molecule has 0 atom stereocenters. The van der Waals surface area contributed by atoms with E-state index in [2.05, 4.69) is 0 Å². The van der Waals surface area contributed by atoms with Gasteiger partial charge in [0.1, 0.15) is 0 Å². The molecule has 0 heterocycles. The van der Waals surface area contributed by atoms with Gasteiger partial charge in [-0.05, 0) is 13.8 Å². The number of hydrogen-bond acceptors (Lipinski definition) is 2. The van der Waals surface area contributed by atoms with E-state index in [0.29, 0.717) is 0 Å². The second kappa shape index (κ2) is 14.3. The molecule has 0 aliphatic rings. The van der Waals surface area contributed by atoms with Gasteiger partial charge in [0.2, 0.25) is 0 Å². The topological polar surface area (TPSA) is 40.5 Å². The Morgan fingerprint density at radius 2 is 0.909 bits per heavy atom. The van der Waals surface area contributed by atoms with Crippen molar-refractivity contribution in [3.8, 4) is 0 Å². The maximum absolute atomic E-state index is 7.57. The predicted octanol–water partition coefficient (Wildman–Crippen LogP) is 2.75. The molecule has 0 saturated heterocycles. The molecule has 2 nitrogen and oxygen atoms in total. The number of hydrogen-bond donors (Lipinski definition) is 2. The summed E-state index contributed by atoms with van der Waals surface area (Å²) in [5.41, 5.74) is 0. The fourth-order valence-electron chi connectivity index (χ4n) is 0. The van der Waals surface area contributed by atoms with Crippen molar-refractivity contribution in [1.29, 1.82) is 0 Å². The van der Waals surface area contributed by atoms with Crippen LogP contribution in [0.2, 0.25) is 0 Å². The number of rotatable bonds is 0. The van der Waals surface area contributed by atoms with E-state index in [1.165, 1.54) is 0 Å². The van der Waals surface area contributed by atoms with Crippen LogP contribution < -0.4 is 0 Å². The predicted molar refractivity (Wildman–Crippen MR) is 48.9 cm³/mol. The average molecular weight is 418 g/mol. The molecule has 0 fully saturated rings. The van der Waals surface area contributed by atoms with Crippen LogP contribution in [0.4, 0.5) is 0 Å². The molecule has 2 N–H and O–H groups in total. The van der Waals surface area contributed by atoms with Gasteiger partial charge < -0.3 is 10.2 Å². The Morgan fingerprint density at radius 1 is 0.909 bits per heavy atom. The summed E-state index contributed by atoms with van der Waals surface area (Å²) in [7, 11) is 20.1. The Morgan fingerprint density at radius 3 is 0.909 bits per heavy atom. The van der Waals surface area contributed by atoms with Crippen molar-refractivity contribution in [2.24, 2.45) is 0 Å². The summed E-state index contributed by atoms with van der Waals surface area (Å²) in [6.45, 7) is 3.86. The molecule has 0 aliphatic carbocycles. The molecule has 0 aliphatic heterocycles. The summed E-state index contributed by atoms with van der Waals surface area (Å²) in [6.07, 6.45) is 0. The van der Waals surface area contributed by atoms with Crippen molar-refractivity contribution < 1.29 is 22.1 Å². The van der Waals surface area contributed by atoms with Crippen molar-refractivity contribution in [3.05, 3.63) is 0 Å². The monoisotopic (exact) mass is 416 g/mol. The van der Waals surface area contributed by atoms with Crippen LogP contribution in [0.1, 0.15) is 13.8 Å². The molecule has 0 bridgehead atoms. The fraction of sp³-hybridized carbons (Fsp3) is 1.00. The van der Waals surface area contributed by atoms with E-state index >= 15 is 0 Å². The van der Waals surface area contributed by atoms with Crippen LogP contribution in [-0.4, -0.2) is 23.4 Å². The molecule has 0 aromatic heterocycles. The van der Waals surface area contributed by atoms with Crippen LogP contribution in [-0.2, 0) is 11.9 Å². The molecule has 0 spiro atoms. The second-order valence-corrected chi connectivity index (χ2v) is 26.4. The number of aliphatic hydroxyl groups is 2. The first-order chi connectivity index (χ1) is 4.83. The van der Waals surface area contributed by atoms with Gasteiger partial charge in [-0.2, -0.15) is 0 Å². The molecule has 7 heteroatoms. The molecule has 0 aromatic rings. The Balaban J connectivity index is -0.0000000933. The van der Waals surface area contributed by atoms with E-state index in [1.807, 2.05) is 0 Å². The molecule has 11 heavy (non-hydrogen) atoms. The van der Waals surface area contributed by atoms with Crippen molar-refractivity contribution >= 4 is 37.7 Å². The Bertz CT molecular complexity index is 50.5. The summed E-state index contributed by atoms with van der Waals surface area (Å²) >= 11 is -3.28. The Hall–Kier alpha value is 1.77. The quantitative estimate of drug-likeness (QED) is 0.636. The average Bonchev–Trinajstić information content (AvgIpc) is 1.62. The van der Waals surface area contributed by atoms with Gasteiger partial charge in [0.15, 0.2) is 0 Å². The van der Waals surface area contributed by atoms with Gasteiger partial charge >= 0.3 is 49.6 Å². The number of aliphatic hydroxyl groups excluding tert-OH is 2. The van der Waals surface area contributed by atoms with Crippen LogP contribution in [0, 0.1) is 0 Å². The van der Waals surface area contributed by atoms with Gasteiger partial charge in [-0.1, -0.05) is 0 Å². The molecule has 0 saturated carbocycles. The maximum atomic E-state index is 7.57. The third-order valence-corrected chi connectivity index (χ3v) is 0. The van der Waals surface area contributed by atoms with Crippen molar-refractivity contribution in [1.82, 2.24) is 0 Å². The molecule has 74 valence electrons. The second-order valence-electron chi connectivity index (χ2n) is 0.982. The zero-order chi connectivity index (χ0) is 9.91. The van der Waals surface area contributed by atoms with Crippen LogP contribution in [0.5, 0.6) is 0 Å². The summed E-state index contributed by atoms with van der Waals surface area (Å²) in [4.78, 5) is 0. The molecule has 0 unspecified atom stereocenters. The molecular weight excluding hydrogens is 406 g/mol. The van der Waals surface area contributed by atoms with E-state index in [1.54, 1.807) is 13.8 Å². The van der Waals surface area contributed by atoms with Gasteiger partial charge in [0.25, 0.3) is 0 Å². The molecule has 0 aromatic carbocycles. The first-order valence-corrected chi connectivity index (χ1v) is 17.2. The van der Waals surface area contributed by atoms with E-state index in [-0.39, 0.29) is 13.2 Å². The standard InChI is InChI=1S/2C2H6O.4ClH.W/c2*1-2-3;;;;;/h2*3H,2H2,1H3;4*1H;/q;;;;;;+4/p-4.